The molecule has 0 bridgehead atoms. The van der Waals surface area contributed by atoms with Gasteiger partial charge in [-0.3, -0.25) is 0 Å². The summed E-state index contributed by atoms with van der Waals surface area (Å²) in [5.41, 5.74) is 8.56. The molecule has 0 N–H and O–H groups in total. The van der Waals surface area contributed by atoms with Crippen LogP contribution in [0.2, 0.25) is 0 Å². The Labute approximate surface area is 386 Å². The van der Waals surface area contributed by atoms with Crippen LogP contribution in [0.5, 0.6) is 0 Å². The van der Waals surface area contributed by atoms with Crippen LogP contribution < -0.4 is 15.9 Å². The van der Waals surface area contributed by atoms with E-state index in [1.807, 2.05) is 17.9 Å². The zero-order valence-corrected chi connectivity index (χ0v) is 39.4. The summed E-state index contributed by atoms with van der Waals surface area (Å²) in [5.74, 6) is 0. The van der Waals surface area contributed by atoms with E-state index in [9.17, 15) is 0 Å². The minimum atomic E-state index is -2.51. The summed E-state index contributed by atoms with van der Waals surface area (Å²) >= 11 is 1.83. The van der Waals surface area contributed by atoms with Crippen molar-refractivity contribution in [1.29, 1.82) is 0 Å². The molecule has 1 heterocycles. The zero-order valence-electron chi connectivity index (χ0n) is 36.0. The van der Waals surface area contributed by atoms with Gasteiger partial charge in [0.2, 0.25) is 0 Å². The van der Waals surface area contributed by atoms with Crippen molar-refractivity contribution in [3.8, 4) is 15.5 Å². The van der Waals surface area contributed by atoms with E-state index in [1.165, 1.54) is 97.7 Å². The fourth-order valence-corrected chi connectivity index (χ4v) is 15.7. The van der Waals surface area contributed by atoms with E-state index in [2.05, 4.69) is 243 Å². The molecule has 309 valence electrons. The fourth-order valence-electron chi connectivity index (χ4n) is 9.90. The van der Waals surface area contributed by atoms with Crippen LogP contribution in [0.25, 0.3) is 66.4 Å². The van der Waals surface area contributed by atoms with Crippen molar-refractivity contribution in [2.45, 2.75) is 13.8 Å². The van der Waals surface area contributed by atoms with E-state index in [4.69, 9.17) is 4.74 Å². The summed E-state index contributed by atoms with van der Waals surface area (Å²) in [6.07, 6.45) is 13.8. The molecule has 64 heavy (non-hydrogen) atoms. The Bertz CT molecular complexity index is 3210. The van der Waals surface area contributed by atoms with Crippen molar-refractivity contribution in [2.75, 3.05) is 13.2 Å². The van der Waals surface area contributed by atoms with E-state index >= 15 is 0 Å². The molecule has 0 aliphatic carbocycles. The first-order valence-electron chi connectivity index (χ1n) is 22.0. The second-order valence-electron chi connectivity index (χ2n) is 16.1. The van der Waals surface area contributed by atoms with Gasteiger partial charge in [-0.1, -0.05) is 48.6 Å². The number of allylic oxidation sites excluding steroid dienone is 6. The van der Waals surface area contributed by atoms with Crippen LogP contribution in [0.1, 0.15) is 25.0 Å². The van der Waals surface area contributed by atoms with Crippen molar-refractivity contribution in [3.05, 3.63) is 246 Å². The molecule has 1 aliphatic heterocycles. The normalized spacial score (nSPS) is 15.0. The standard InChI is InChI=1S/C61H47OP.Os/c1-4-23-50-51-30-15-19-34-56(51)60(57-35-20-16-31-52(50)57)61-58-36-21-17-32-53(58)55(54-33-18-22-37-59(54)61)39-38-45(40-46-42-62-41-44(46)5-2)43(3)63(47-24-9-6-10-25-47,48-26-11-7-12-27-48)49-28-13-8-14-29-49;/h4-40H,41-42H2,1-2H3;/q+1;/b23-4+,39-38+,44-5?,45-43?,46-40?;. The maximum absolute atomic E-state index is 6.13. The molecule has 0 unspecified atom stereocenters. The van der Waals surface area contributed by atoms with Gasteiger partial charge in [-0.05, 0) is 12.5 Å². The zero-order chi connectivity index (χ0) is 43.5. The van der Waals surface area contributed by atoms with Crippen molar-refractivity contribution in [2.24, 2.45) is 0 Å². The second kappa shape index (κ2) is 18.3. The van der Waals surface area contributed by atoms with Crippen molar-refractivity contribution >= 4 is 78.4 Å². The van der Waals surface area contributed by atoms with Crippen molar-refractivity contribution in [1.82, 2.24) is 0 Å². The van der Waals surface area contributed by atoms with Gasteiger partial charge in [0.15, 0.2) is 0 Å². The summed E-state index contributed by atoms with van der Waals surface area (Å²) in [7, 11) is -2.51. The summed E-state index contributed by atoms with van der Waals surface area (Å²) in [4.78, 5) is 0. The van der Waals surface area contributed by atoms with E-state index in [-0.39, 0.29) is 0 Å². The molecular weight excluding hydrogens is 970 g/mol. The molecule has 10 rings (SSSR count). The Morgan fingerprint density at radius 2 is 0.828 bits per heavy atom. The average Bonchev–Trinajstić information content (AvgIpc) is 3.82. The summed E-state index contributed by atoms with van der Waals surface area (Å²) in [6, 6.07) is 69.3. The van der Waals surface area contributed by atoms with Crippen LogP contribution in [-0.2, 0) is 22.7 Å². The fraction of sp³-hybridized carbons (Fsp3) is 0.0656. The maximum atomic E-state index is 6.13. The van der Waals surface area contributed by atoms with Gasteiger partial charge < -0.3 is 0 Å². The molecule has 0 saturated carbocycles. The van der Waals surface area contributed by atoms with Gasteiger partial charge in [0.05, 0.1) is 0 Å². The van der Waals surface area contributed by atoms with Crippen LogP contribution in [0.3, 0.4) is 0 Å². The monoisotopic (exact) mass is 1020 g/mol. The van der Waals surface area contributed by atoms with Gasteiger partial charge in [0.1, 0.15) is 0 Å². The number of fused-ring (bicyclic) bond motifs is 4. The number of ether oxygens (including phenoxy) is 1. The molecule has 1 saturated heterocycles. The number of rotatable bonds is 9. The third-order valence-corrected chi connectivity index (χ3v) is 18.1. The molecule has 3 heteroatoms. The van der Waals surface area contributed by atoms with E-state index in [0.717, 1.165) is 5.57 Å². The Kier molecular flexibility index (Phi) is 11.9. The summed E-state index contributed by atoms with van der Waals surface area (Å²) in [6.45, 7) is 5.41. The Morgan fingerprint density at radius 3 is 1.20 bits per heavy atom. The van der Waals surface area contributed by atoms with Gasteiger partial charge in [0.25, 0.3) is 0 Å². The third-order valence-electron chi connectivity index (χ3n) is 12.7. The first-order valence-corrected chi connectivity index (χ1v) is 25.0. The molecule has 0 aromatic heterocycles. The molecule has 9 aromatic rings. The molecule has 9 aromatic carbocycles. The molecule has 1 aliphatic rings. The van der Waals surface area contributed by atoms with Gasteiger partial charge in [0, 0.05) is 0 Å². The predicted octanol–water partition coefficient (Wildman–Crippen LogP) is 14.7. The molecule has 1 nitrogen and oxygen atoms in total. The molecule has 0 atom stereocenters. The van der Waals surface area contributed by atoms with E-state index in [1.54, 1.807) is 0 Å². The third kappa shape index (κ3) is 7.19. The first kappa shape index (κ1) is 41.5. The van der Waals surface area contributed by atoms with Gasteiger partial charge in [-0.25, -0.2) is 0 Å². The van der Waals surface area contributed by atoms with Gasteiger partial charge in [-0.15, -0.1) is 0 Å². The summed E-state index contributed by atoms with van der Waals surface area (Å²) < 4.78 is 10.1. The predicted molar refractivity (Wildman–Crippen MR) is 274 cm³/mol. The number of benzene rings is 9. The van der Waals surface area contributed by atoms with Crippen molar-refractivity contribution < 1.29 is 22.7 Å². The number of hydrogen-bond acceptors (Lipinski definition) is 1. The van der Waals surface area contributed by atoms with Crippen LogP contribution in [0.4, 0.5) is 0 Å². The van der Waals surface area contributed by atoms with Gasteiger partial charge in [-0.2, -0.15) is 0 Å². The van der Waals surface area contributed by atoms with Crippen LogP contribution in [0.15, 0.2) is 234 Å². The first-order chi connectivity index (χ1) is 31.7. The van der Waals surface area contributed by atoms with E-state index in [0.29, 0.717) is 13.2 Å². The number of hydrogen-bond donors (Lipinski definition) is 0. The average molecular weight is 1020 g/mol. The topological polar surface area (TPSA) is 9.23 Å². The quantitative estimate of drug-likeness (QED) is 0.0795. The Morgan fingerprint density at radius 1 is 0.469 bits per heavy atom. The van der Waals surface area contributed by atoms with Crippen LogP contribution in [0, 0.1) is 4.37 Å². The molecule has 0 amide bonds. The Balaban J connectivity index is 1.31. The van der Waals surface area contributed by atoms with Gasteiger partial charge >= 0.3 is 328 Å². The Hall–Kier alpha value is -6.47. The SMILES string of the molecule is CC=C1COCC1=CC(/C=C/c1c2ccccc2c(-c2c3ccccc3c(/C=C/C)c3ccccc23)c2ccccc12)=C([C]#[Os])[P+](c1ccccc1)(c1ccccc1)c1ccccc1. The second-order valence-corrected chi connectivity index (χ2v) is 20.1. The van der Waals surface area contributed by atoms with Crippen LogP contribution in [-0.4, -0.2) is 13.2 Å². The molecule has 0 spiro atoms. The van der Waals surface area contributed by atoms with Crippen molar-refractivity contribution in [3.63, 3.8) is 0 Å². The molecular formula is C61H47OOsP+. The van der Waals surface area contributed by atoms with Crippen LogP contribution >= 0.6 is 7.26 Å². The molecule has 0 radical (unpaired) electrons. The van der Waals surface area contributed by atoms with E-state index < -0.39 is 7.26 Å². The molecule has 1 fully saturated rings. The minimum absolute atomic E-state index is 0.569. The summed E-state index contributed by atoms with van der Waals surface area (Å²) in [5, 5.41) is 15.0.